The van der Waals surface area contributed by atoms with Crippen molar-refractivity contribution < 1.29 is 14.3 Å². The van der Waals surface area contributed by atoms with Gasteiger partial charge in [-0.15, -0.1) is 0 Å². The van der Waals surface area contributed by atoms with Crippen molar-refractivity contribution in [3.05, 3.63) is 35.8 Å². The number of nitriles is 1. The molecule has 0 radical (unpaired) electrons. The molecule has 0 fully saturated rings. The number of nitrogens with zero attached hydrogens (tertiary/aromatic N) is 2. The molecule has 0 saturated carbocycles. The van der Waals surface area contributed by atoms with E-state index in [0.29, 0.717) is 6.61 Å². The molecule has 0 bridgehead atoms. The Morgan fingerprint density at radius 3 is 3.00 bits per heavy atom. The van der Waals surface area contributed by atoms with Crippen LogP contribution < -0.4 is 5.32 Å². The summed E-state index contributed by atoms with van der Waals surface area (Å²) in [5, 5.41) is 11.7. The molecule has 0 aliphatic rings. The first-order valence-corrected chi connectivity index (χ1v) is 5.63. The van der Waals surface area contributed by atoms with Crippen LogP contribution in [0.25, 0.3) is 0 Å². The largest absolute Gasteiger partial charge is 0.459 e. The van der Waals surface area contributed by atoms with Gasteiger partial charge in [-0.05, 0) is 19.1 Å². The highest BCUT2D eigenvalue weighted by atomic mass is 16.6. The van der Waals surface area contributed by atoms with Gasteiger partial charge in [-0.3, -0.25) is 4.98 Å². The van der Waals surface area contributed by atoms with Crippen molar-refractivity contribution in [3.63, 3.8) is 0 Å². The third kappa shape index (κ3) is 5.19. The molecule has 19 heavy (non-hydrogen) atoms. The number of aromatic nitrogens is 1. The van der Waals surface area contributed by atoms with Crippen LogP contribution in [-0.4, -0.2) is 31.3 Å². The predicted octanol–water partition coefficient (Wildman–Crippen LogP) is 1.40. The Kier molecular flexibility index (Phi) is 6.06. The average molecular weight is 261 g/mol. The zero-order valence-corrected chi connectivity index (χ0v) is 10.8. The number of hydrogen-bond donors (Lipinski definition) is 1. The van der Waals surface area contributed by atoms with E-state index in [0.717, 1.165) is 11.4 Å². The van der Waals surface area contributed by atoms with Gasteiger partial charge in [-0.25, -0.2) is 4.79 Å². The van der Waals surface area contributed by atoms with E-state index >= 15 is 0 Å². The normalized spacial score (nSPS) is 10.7. The number of hydrogen-bond acceptors (Lipinski definition) is 6. The number of rotatable bonds is 6. The number of aryl methyl sites for hydroxylation is 1. The molecule has 1 rings (SSSR count). The standard InChI is InChI=1S/C13H15N3O3/c1-10-7-12(3-4-15-10)16-9-11(8-14)13(17)19-6-5-18-2/h3-4,7,9H,5-6H2,1-2H3,(H,15,16). The molecule has 0 aliphatic heterocycles. The lowest BCUT2D eigenvalue weighted by Crippen LogP contribution is -2.12. The van der Waals surface area contributed by atoms with Crippen LogP contribution in [0.4, 0.5) is 5.69 Å². The SMILES string of the molecule is COCCOC(=O)C(C#N)=CNc1ccnc(C)c1. The van der Waals surface area contributed by atoms with Crippen LogP contribution in [0, 0.1) is 18.3 Å². The van der Waals surface area contributed by atoms with Crippen LogP contribution in [0.1, 0.15) is 5.69 Å². The Morgan fingerprint density at radius 2 is 2.37 bits per heavy atom. The van der Waals surface area contributed by atoms with Crippen molar-refractivity contribution in [1.82, 2.24) is 4.98 Å². The Morgan fingerprint density at radius 1 is 1.58 bits per heavy atom. The van der Waals surface area contributed by atoms with Crippen LogP contribution in [0.15, 0.2) is 30.1 Å². The molecule has 1 N–H and O–H groups in total. The van der Waals surface area contributed by atoms with Crippen LogP contribution in [0.2, 0.25) is 0 Å². The average Bonchev–Trinajstić information content (AvgIpc) is 2.40. The lowest BCUT2D eigenvalue weighted by Gasteiger charge is -2.04. The highest BCUT2D eigenvalue weighted by molar-refractivity contribution is 5.93. The molecule has 0 amide bonds. The van der Waals surface area contributed by atoms with Gasteiger partial charge in [-0.1, -0.05) is 0 Å². The second-order valence-corrected chi connectivity index (χ2v) is 3.63. The van der Waals surface area contributed by atoms with Crippen LogP contribution in [0.5, 0.6) is 0 Å². The maximum absolute atomic E-state index is 11.5. The summed E-state index contributed by atoms with van der Waals surface area (Å²) in [7, 11) is 1.50. The minimum atomic E-state index is -0.683. The Balaban J connectivity index is 2.62. The summed E-state index contributed by atoms with van der Waals surface area (Å²) in [6.45, 7) is 2.25. The van der Waals surface area contributed by atoms with Crippen molar-refractivity contribution in [2.75, 3.05) is 25.6 Å². The number of anilines is 1. The lowest BCUT2D eigenvalue weighted by atomic mass is 10.3. The molecular formula is C13H15N3O3. The molecule has 1 aromatic heterocycles. The van der Waals surface area contributed by atoms with Crippen molar-refractivity contribution in [1.29, 1.82) is 5.26 Å². The van der Waals surface area contributed by atoms with Gasteiger partial charge in [0.15, 0.2) is 5.57 Å². The summed E-state index contributed by atoms with van der Waals surface area (Å²) in [5.41, 5.74) is 1.47. The van der Waals surface area contributed by atoms with Crippen LogP contribution in [0.3, 0.4) is 0 Å². The van der Waals surface area contributed by atoms with E-state index < -0.39 is 5.97 Å². The molecule has 100 valence electrons. The van der Waals surface area contributed by atoms with Gasteiger partial charge < -0.3 is 14.8 Å². The van der Waals surface area contributed by atoms with E-state index in [-0.39, 0.29) is 12.2 Å². The number of methoxy groups -OCH3 is 1. The first-order chi connectivity index (χ1) is 9.17. The molecule has 0 spiro atoms. The number of carbonyl (C=O) groups is 1. The Hall–Kier alpha value is -2.39. The number of carbonyl (C=O) groups excluding carboxylic acids is 1. The molecule has 0 saturated heterocycles. The molecule has 0 atom stereocenters. The summed E-state index contributed by atoms with van der Waals surface area (Å²) in [6, 6.07) is 5.31. The van der Waals surface area contributed by atoms with Gasteiger partial charge in [0.05, 0.1) is 6.61 Å². The van der Waals surface area contributed by atoms with Gasteiger partial charge in [0.25, 0.3) is 0 Å². The monoisotopic (exact) mass is 261 g/mol. The Labute approximate surface area is 111 Å². The van der Waals surface area contributed by atoms with Crippen molar-refractivity contribution >= 4 is 11.7 Å². The third-order valence-electron chi connectivity index (χ3n) is 2.14. The zero-order valence-electron chi connectivity index (χ0n) is 10.8. The fourth-order valence-corrected chi connectivity index (χ4v) is 1.22. The maximum Gasteiger partial charge on any atom is 0.350 e. The summed E-state index contributed by atoms with van der Waals surface area (Å²) >= 11 is 0. The van der Waals surface area contributed by atoms with E-state index in [9.17, 15) is 4.79 Å². The summed E-state index contributed by atoms with van der Waals surface area (Å²) in [6.07, 6.45) is 2.94. The highest BCUT2D eigenvalue weighted by Gasteiger charge is 2.09. The molecule has 1 aromatic rings. The van der Waals surface area contributed by atoms with Gasteiger partial charge >= 0.3 is 5.97 Å². The first kappa shape index (κ1) is 14.7. The molecule has 0 aromatic carbocycles. The number of nitrogens with one attached hydrogen (secondary N) is 1. The molecule has 6 nitrogen and oxygen atoms in total. The maximum atomic E-state index is 11.5. The summed E-state index contributed by atoms with van der Waals surface area (Å²) < 4.78 is 9.59. The van der Waals surface area contributed by atoms with E-state index in [2.05, 4.69) is 10.3 Å². The van der Waals surface area contributed by atoms with Crippen molar-refractivity contribution in [2.24, 2.45) is 0 Å². The predicted molar refractivity (Wildman–Crippen MR) is 69.1 cm³/mol. The molecule has 1 heterocycles. The second-order valence-electron chi connectivity index (χ2n) is 3.63. The van der Waals surface area contributed by atoms with Gasteiger partial charge in [0, 0.05) is 30.9 Å². The van der Waals surface area contributed by atoms with Crippen molar-refractivity contribution in [3.8, 4) is 6.07 Å². The first-order valence-electron chi connectivity index (χ1n) is 5.63. The number of esters is 1. The fourth-order valence-electron chi connectivity index (χ4n) is 1.22. The minimum absolute atomic E-state index is 0.106. The van der Waals surface area contributed by atoms with Crippen LogP contribution in [-0.2, 0) is 14.3 Å². The topological polar surface area (TPSA) is 84.2 Å². The van der Waals surface area contributed by atoms with Gasteiger partial charge in [0.1, 0.15) is 12.7 Å². The zero-order chi connectivity index (χ0) is 14.1. The Bertz CT molecular complexity index is 506. The summed E-state index contributed by atoms with van der Waals surface area (Å²) in [5.74, 6) is -0.683. The van der Waals surface area contributed by atoms with Gasteiger partial charge in [-0.2, -0.15) is 5.26 Å². The third-order valence-corrected chi connectivity index (χ3v) is 2.14. The lowest BCUT2D eigenvalue weighted by molar-refractivity contribution is -0.139. The van der Waals surface area contributed by atoms with E-state index in [1.807, 2.05) is 6.92 Å². The molecule has 0 unspecified atom stereocenters. The van der Waals surface area contributed by atoms with Crippen molar-refractivity contribution in [2.45, 2.75) is 6.92 Å². The minimum Gasteiger partial charge on any atom is -0.459 e. The van der Waals surface area contributed by atoms with E-state index in [1.165, 1.54) is 13.3 Å². The number of ether oxygens (including phenoxy) is 2. The highest BCUT2D eigenvalue weighted by Crippen LogP contribution is 2.08. The van der Waals surface area contributed by atoms with Crippen LogP contribution >= 0.6 is 0 Å². The van der Waals surface area contributed by atoms with Gasteiger partial charge in [0.2, 0.25) is 0 Å². The second kappa shape index (κ2) is 7.84. The van der Waals surface area contributed by atoms with E-state index in [1.54, 1.807) is 24.4 Å². The summed E-state index contributed by atoms with van der Waals surface area (Å²) in [4.78, 5) is 15.6. The molecular weight excluding hydrogens is 246 g/mol. The molecule has 0 aliphatic carbocycles. The quantitative estimate of drug-likeness (QED) is 0.360. The number of pyridine rings is 1. The molecule has 6 heteroatoms. The smallest absolute Gasteiger partial charge is 0.350 e. The fraction of sp³-hybridized carbons (Fsp3) is 0.308. The van der Waals surface area contributed by atoms with E-state index in [4.69, 9.17) is 14.7 Å².